The van der Waals surface area contributed by atoms with E-state index in [9.17, 15) is 4.39 Å². The lowest BCUT2D eigenvalue weighted by atomic mass is 10.00. The van der Waals surface area contributed by atoms with Gasteiger partial charge in [-0.25, -0.2) is 4.39 Å². The van der Waals surface area contributed by atoms with Crippen LogP contribution >= 0.6 is 0 Å². The summed E-state index contributed by atoms with van der Waals surface area (Å²) in [6.45, 7) is 9.46. The van der Waals surface area contributed by atoms with Crippen molar-refractivity contribution in [3.8, 4) is 0 Å². The maximum absolute atomic E-state index is 13.8. The first kappa shape index (κ1) is 15.3. The van der Waals surface area contributed by atoms with Gasteiger partial charge in [0.2, 0.25) is 0 Å². The lowest BCUT2D eigenvalue weighted by Gasteiger charge is -2.41. The summed E-state index contributed by atoms with van der Waals surface area (Å²) in [6, 6.07) is 3.65. The molecule has 1 heterocycles. The number of rotatable bonds is 3. The molecule has 3 atom stereocenters. The third-order valence-corrected chi connectivity index (χ3v) is 4.05. The van der Waals surface area contributed by atoms with Crippen LogP contribution in [0.15, 0.2) is 12.1 Å². The lowest BCUT2D eigenvalue weighted by Crippen LogP contribution is -2.49. The van der Waals surface area contributed by atoms with Crippen molar-refractivity contribution in [1.82, 2.24) is 0 Å². The predicted molar refractivity (Wildman–Crippen MR) is 80.6 cm³/mol. The number of hydrogen-bond acceptors (Lipinski definition) is 3. The third-order valence-electron chi connectivity index (χ3n) is 4.05. The summed E-state index contributed by atoms with van der Waals surface area (Å²) in [7, 11) is 0. The molecule has 0 radical (unpaired) electrons. The van der Waals surface area contributed by atoms with Crippen molar-refractivity contribution >= 4 is 5.69 Å². The number of aryl methyl sites for hydroxylation is 1. The summed E-state index contributed by atoms with van der Waals surface area (Å²) in [5.41, 5.74) is 8.63. The Morgan fingerprint density at radius 1 is 1.50 bits per heavy atom. The van der Waals surface area contributed by atoms with Gasteiger partial charge in [0.1, 0.15) is 5.82 Å². The molecular weight excluding hydrogens is 255 g/mol. The summed E-state index contributed by atoms with van der Waals surface area (Å²) in [5, 5.41) is 0. The van der Waals surface area contributed by atoms with Gasteiger partial charge in [-0.15, -0.1) is 0 Å². The fraction of sp³-hybridized carbons (Fsp3) is 0.625. The highest BCUT2D eigenvalue weighted by Crippen LogP contribution is 2.32. The summed E-state index contributed by atoms with van der Waals surface area (Å²) in [5.74, 6) is -0.185. The molecule has 112 valence electrons. The third kappa shape index (κ3) is 2.96. The molecule has 3 nitrogen and oxygen atoms in total. The first-order valence-electron chi connectivity index (χ1n) is 7.37. The molecule has 4 heteroatoms. The molecule has 0 spiro atoms. The largest absolute Gasteiger partial charge is 0.375 e. The van der Waals surface area contributed by atoms with Crippen LogP contribution in [0.5, 0.6) is 0 Å². The number of anilines is 1. The molecule has 1 aromatic carbocycles. The fourth-order valence-electron chi connectivity index (χ4n) is 2.77. The van der Waals surface area contributed by atoms with E-state index in [2.05, 4.69) is 18.7 Å². The molecule has 1 fully saturated rings. The topological polar surface area (TPSA) is 38.5 Å². The fourth-order valence-corrected chi connectivity index (χ4v) is 2.77. The van der Waals surface area contributed by atoms with Crippen molar-refractivity contribution < 1.29 is 9.13 Å². The van der Waals surface area contributed by atoms with E-state index in [4.69, 9.17) is 10.5 Å². The van der Waals surface area contributed by atoms with Gasteiger partial charge in [0, 0.05) is 18.3 Å². The van der Waals surface area contributed by atoms with Crippen molar-refractivity contribution in [2.45, 2.75) is 52.3 Å². The first-order valence-corrected chi connectivity index (χ1v) is 7.37. The molecule has 0 aliphatic carbocycles. The molecule has 2 unspecified atom stereocenters. The second kappa shape index (κ2) is 6.10. The van der Waals surface area contributed by atoms with Gasteiger partial charge in [-0.1, -0.05) is 6.92 Å². The van der Waals surface area contributed by atoms with Crippen molar-refractivity contribution in [2.24, 2.45) is 5.73 Å². The van der Waals surface area contributed by atoms with Gasteiger partial charge in [-0.2, -0.15) is 0 Å². The Kier molecular flexibility index (Phi) is 4.66. The van der Waals surface area contributed by atoms with Gasteiger partial charge >= 0.3 is 0 Å². The summed E-state index contributed by atoms with van der Waals surface area (Å²) in [4.78, 5) is 2.33. The minimum Gasteiger partial charge on any atom is -0.375 e. The van der Waals surface area contributed by atoms with Crippen molar-refractivity contribution in [3.05, 3.63) is 29.1 Å². The SMILES string of the molecule is CCC1COC(C)CN1c1cc(C)c(F)cc1[C@@H](C)N. The quantitative estimate of drug-likeness (QED) is 0.924. The minimum absolute atomic E-state index is 0.184. The molecule has 0 saturated carbocycles. The second-order valence-corrected chi connectivity index (χ2v) is 5.81. The van der Waals surface area contributed by atoms with Crippen LogP contribution in [0.25, 0.3) is 0 Å². The summed E-state index contributed by atoms with van der Waals surface area (Å²) >= 11 is 0. The highest BCUT2D eigenvalue weighted by atomic mass is 19.1. The maximum atomic E-state index is 13.8. The lowest BCUT2D eigenvalue weighted by molar-refractivity contribution is 0.0298. The molecule has 0 amide bonds. The van der Waals surface area contributed by atoms with Gasteiger partial charge < -0.3 is 15.4 Å². The smallest absolute Gasteiger partial charge is 0.126 e. The minimum atomic E-state index is -0.185. The van der Waals surface area contributed by atoms with E-state index >= 15 is 0 Å². The van der Waals surface area contributed by atoms with Crippen LogP contribution in [0.1, 0.15) is 44.4 Å². The standard InChI is InChI=1S/C16H25FN2O/c1-5-13-9-20-11(3)8-19(13)16-6-10(2)15(17)7-14(16)12(4)18/h6-7,11-13H,5,8-9,18H2,1-4H3/t11?,12-,13?/m1/s1. The zero-order valence-electron chi connectivity index (χ0n) is 12.8. The van der Waals surface area contributed by atoms with Crippen LogP contribution in [-0.2, 0) is 4.74 Å². The Balaban J connectivity index is 2.45. The monoisotopic (exact) mass is 280 g/mol. The Hall–Kier alpha value is -1.13. The average molecular weight is 280 g/mol. The van der Waals surface area contributed by atoms with Gasteiger partial charge in [-0.3, -0.25) is 0 Å². The Bertz CT molecular complexity index is 476. The second-order valence-electron chi connectivity index (χ2n) is 5.81. The maximum Gasteiger partial charge on any atom is 0.126 e. The number of morpholine rings is 1. The predicted octanol–water partition coefficient (Wildman–Crippen LogP) is 3.16. The molecule has 2 N–H and O–H groups in total. The number of nitrogens with zero attached hydrogens (tertiary/aromatic N) is 1. The Morgan fingerprint density at radius 2 is 2.20 bits per heavy atom. The van der Waals surface area contributed by atoms with Gasteiger partial charge in [0.25, 0.3) is 0 Å². The van der Waals surface area contributed by atoms with Crippen molar-refractivity contribution in [1.29, 1.82) is 0 Å². The van der Waals surface area contributed by atoms with E-state index in [0.29, 0.717) is 18.2 Å². The number of halogens is 1. The van der Waals surface area contributed by atoms with Gasteiger partial charge in [0.05, 0.1) is 18.8 Å². The van der Waals surface area contributed by atoms with E-state index in [0.717, 1.165) is 24.2 Å². The number of nitrogens with two attached hydrogens (primary N) is 1. The average Bonchev–Trinajstić information content (AvgIpc) is 2.41. The van der Waals surface area contributed by atoms with E-state index in [1.54, 1.807) is 13.0 Å². The molecular formula is C16H25FN2O. The van der Waals surface area contributed by atoms with E-state index < -0.39 is 0 Å². The summed E-state index contributed by atoms with van der Waals surface area (Å²) in [6.07, 6.45) is 1.19. The number of benzene rings is 1. The van der Waals surface area contributed by atoms with Crippen LogP contribution in [0.3, 0.4) is 0 Å². The van der Waals surface area contributed by atoms with Crippen molar-refractivity contribution in [2.75, 3.05) is 18.1 Å². The molecule has 1 aliphatic heterocycles. The first-order chi connectivity index (χ1) is 9.43. The van der Waals surface area contributed by atoms with Gasteiger partial charge in [0.15, 0.2) is 0 Å². The molecule has 0 aromatic heterocycles. The highest BCUT2D eigenvalue weighted by Gasteiger charge is 2.28. The van der Waals surface area contributed by atoms with E-state index in [1.807, 2.05) is 13.0 Å². The highest BCUT2D eigenvalue weighted by molar-refractivity contribution is 5.58. The Morgan fingerprint density at radius 3 is 2.80 bits per heavy atom. The normalized spacial score (nSPS) is 24.8. The van der Waals surface area contributed by atoms with Crippen LogP contribution in [0.4, 0.5) is 10.1 Å². The zero-order chi connectivity index (χ0) is 14.9. The van der Waals surface area contributed by atoms with Crippen LogP contribution < -0.4 is 10.6 Å². The van der Waals surface area contributed by atoms with Crippen LogP contribution in [0, 0.1) is 12.7 Å². The van der Waals surface area contributed by atoms with Crippen LogP contribution in [0.2, 0.25) is 0 Å². The molecule has 1 aromatic rings. The van der Waals surface area contributed by atoms with E-state index in [1.165, 1.54) is 0 Å². The van der Waals surface area contributed by atoms with Gasteiger partial charge in [-0.05, 0) is 50.5 Å². The summed E-state index contributed by atoms with van der Waals surface area (Å²) < 4.78 is 19.6. The van der Waals surface area contributed by atoms with E-state index in [-0.39, 0.29) is 18.0 Å². The number of hydrogen-bond donors (Lipinski definition) is 1. The molecule has 2 rings (SSSR count). The molecule has 0 bridgehead atoms. The van der Waals surface area contributed by atoms with Crippen LogP contribution in [-0.4, -0.2) is 25.3 Å². The molecule has 1 aliphatic rings. The number of ether oxygens (including phenoxy) is 1. The Labute approximate surface area is 120 Å². The zero-order valence-corrected chi connectivity index (χ0v) is 12.8. The molecule has 20 heavy (non-hydrogen) atoms. The van der Waals surface area contributed by atoms with Crippen molar-refractivity contribution in [3.63, 3.8) is 0 Å². The molecule has 1 saturated heterocycles.